The molecule has 4 bridgehead atoms. The predicted molar refractivity (Wildman–Crippen MR) is 94.7 cm³/mol. The summed E-state index contributed by atoms with van der Waals surface area (Å²) in [6.07, 6.45) is 8.27. The Hall–Kier alpha value is -2.15. The molecule has 4 saturated carbocycles. The summed E-state index contributed by atoms with van der Waals surface area (Å²) in [5.41, 5.74) is 1.88. The number of hydrogen-bond acceptors (Lipinski definition) is 3. The van der Waals surface area contributed by atoms with Crippen molar-refractivity contribution in [1.82, 2.24) is 9.97 Å². The van der Waals surface area contributed by atoms with Gasteiger partial charge in [-0.3, -0.25) is 4.79 Å². The lowest BCUT2D eigenvalue weighted by Gasteiger charge is -2.56. The zero-order valence-corrected chi connectivity index (χ0v) is 14.4. The molecule has 6 rings (SSSR count). The Bertz CT molecular complexity index is 806. The highest BCUT2D eigenvalue weighted by atomic mass is 16.1. The van der Waals surface area contributed by atoms with Crippen LogP contribution in [0.3, 0.4) is 0 Å². The number of nitrogens with zero attached hydrogens (tertiary/aromatic N) is 2. The van der Waals surface area contributed by atoms with Crippen molar-refractivity contribution in [1.29, 1.82) is 5.26 Å². The Balaban J connectivity index is 1.40. The highest BCUT2D eigenvalue weighted by Gasteiger charge is 2.51. The Morgan fingerprint density at radius 3 is 2.44 bits per heavy atom. The summed E-state index contributed by atoms with van der Waals surface area (Å²) in [7, 11) is 0. The topological polar surface area (TPSA) is 69.5 Å². The zero-order chi connectivity index (χ0) is 17.0. The standard InChI is InChI=1S/C21H23N3O/c22-12-16(20-23-17-3-1-2-4-18(17)24-20)19(25)11-21-8-13-5-14(9-21)7-15(6-13)10-21/h1-4,13-16H,5-11H2,(H,23,24)/t13?,14?,15?,16-,21?/m1/s1. The second-order valence-corrected chi connectivity index (χ2v) is 8.76. The van der Waals surface area contributed by atoms with Crippen LogP contribution in [0.25, 0.3) is 11.0 Å². The Labute approximate surface area is 147 Å². The third kappa shape index (κ3) is 2.49. The van der Waals surface area contributed by atoms with Crippen LogP contribution < -0.4 is 0 Å². The third-order valence-corrected chi connectivity index (χ3v) is 6.85. The molecule has 25 heavy (non-hydrogen) atoms. The molecule has 4 fully saturated rings. The number of aromatic amines is 1. The van der Waals surface area contributed by atoms with Crippen LogP contribution in [-0.2, 0) is 4.79 Å². The zero-order valence-electron chi connectivity index (χ0n) is 14.4. The Morgan fingerprint density at radius 1 is 1.20 bits per heavy atom. The number of hydrogen-bond donors (Lipinski definition) is 1. The van der Waals surface area contributed by atoms with Crippen molar-refractivity contribution >= 4 is 16.8 Å². The van der Waals surface area contributed by atoms with Crippen molar-refractivity contribution in [2.75, 3.05) is 0 Å². The molecule has 0 spiro atoms. The van der Waals surface area contributed by atoms with E-state index < -0.39 is 5.92 Å². The number of nitrogens with one attached hydrogen (secondary N) is 1. The molecule has 0 radical (unpaired) electrons. The average Bonchev–Trinajstić information content (AvgIpc) is 2.97. The van der Waals surface area contributed by atoms with Crippen LogP contribution in [0.15, 0.2) is 24.3 Å². The Morgan fingerprint density at radius 2 is 1.84 bits per heavy atom. The van der Waals surface area contributed by atoms with E-state index in [9.17, 15) is 10.1 Å². The predicted octanol–water partition coefficient (Wildman–Crippen LogP) is 4.35. The van der Waals surface area contributed by atoms with E-state index in [0.717, 1.165) is 28.8 Å². The average molecular weight is 333 g/mol. The number of carbonyl (C=O) groups is 1. The first-order valence-electron chi connectivity index (χ1n) is 9.51. The number of para-hydroxylation sites is 2. The SMILES string of the molecule is N#C[C@H](C(=O)CC12CC3CC(CC(C3)C1)C2)c1nc2ccccc2[nH]1. The molecule has 1 atom stereocenters. The number of H-pyrrole nitrogens is 1. The van der Waals surface area contributed by atoms with Gasteiger partial charge in [-0.25, -0.2) is 4.98 Å². The summed E-state index contributed by atoms with van der Waals surface area (Å²) in [6, 6.07) is 9.92. The van der Waals surface area contributed by atoms with E-state index in [1.54, 1.807) is 0 Å². The smallest absolute Gasteiger partial charge is 0.162 e. The first kappa shape index (κ1) is 15.1. The summed E-state index contributed by atoms with van der Waals surface area (Å²) >= 11 is 0. The summed E-state index contributed by atoms with van der Waals surface area (Å²) in [4.78, 5) is 20.7. The van der Waals surface area contributed by atoms with Gasteiger partial charge in [-0.05, 0) is 73.8 Å². The number of nitriles is 1. The number of fused-ring (bicyclic) bond motifs is 1. The van der Waals surface area contributed by atoms with E-state index in [-0.39, 0.29) is 11.2 Å². The highest BCUT2D eigenvalue weighted by Crippen LogP contribution is 2.61. The van der Waals surface area contributed by atoms with Crippen molar-refractivity contribution in [3.8, 4) is 6.07 Å². The molecule has 2 aromatic rings. The molecule has 1 N–H and O–H groups in total. The maximum Gasteiger partial charge on any atom is 0.162 e. The van der Waals surface area contributed by atoms with Crippen molar-refractivity contribution in [2.45, 2.75) is 50.9 Å². The van der Waals surface area contributed by atoms with Gasteiger partial charge in [0.25, 0.3) is 0 Å². The van der Waals surface area contributed by atoms with E-state index >= 15 is 0 Å². The van der Waals surface area contributed by atoms with E-state index in [0.29, 0.717) is 12.2 Å². The van der Waals surface area contributed by atoms with Gasteiger partial charge < -0.3 is 4.98 Å². The van der Waals surface area contributed by atoms with Gasteiger partial charge >= 0.3 is 0 Å². The van der Waals surface area contributed by atoms with Crippen molar-refractivity contribution in [2.24, 2.45) is 23.2 Å². The van der Waals surface area contributed by atoms with Crippen molar-refractivity contribution < 1.29 is 4.79 Å². The largest absolute Gasteiger partial charge is 0.340 e. The van der Waals surface area contributed by atoms with E-state index in [4.69, 9.17) is 0 Å². The van der Waals surface area contributed by atoms with Crippen LogP contribution >= 0.6 is 0 Å². The monoisotopic (exact) mass is 333 g/mol. The molecule has 0 saturated heterocycles. The first-order chi connectivity index (χ1) is 12.1. The van der Waals surface area contributed by atoms with Crippen LogP contribution in [0.5, 0.6) is 0 Å². The lowest BCUT2D eigenvalue weighted by atomic mass is 9.48. The minimum absolute atomic E-state index is 0.0588. The number of imidazole rings is 1. The number of aromatic nitrogens is 2. The summed E-state index contributed by atoms with van der Waals surface area (Å²) < 4.78 is 0. The maximum absolute atomic E-state index is 13.1. The van der Waals surface area contributed by atoms with Crippen molar-refractivity contribution in [3.05, 3.63) is 30.1 Å². The Kier molecular flexibility index (Phi) is 3.28. The lowest BCUT2D eigenvalue weighted by molar-refractivity contribution is -0.127. The van der Waals surface area contributed by atoms with Gasteiger partial charge in [0.2, 0.25) is 0 Å². The molecule has 1 aromatic carbocycles. The van der Waals surface area contributed by atoms with E-state index in [1.165, 1.54) is 38.5 Å². The number of benzene rings is 1. The van der Waals surface area contributed by atoms with Crippen LogP contribution in [0.1, 0.15) is 56.7 Å². The molecule has 4 heteroatoms. The quantitative estimate of drug-likeness (QED) is 0.904. The fourth-order valence-electron chi connectivity index (χ4n) is 6.37. The summed E-state index contributed by atoms with van der Waals surface area (Å²) in [6.45, 7) is 0. The van der Waals surface area contributed by atoms with Gasteiger partial charge in [-0.15, -0.1) is 0 Å². The molecule has 4 nitrogen and oxygen atoms in total. The molecule has 1 heterocycles. The number of carbonyl (C=O) groups excluding carboxylic acids is 1. The summed E-state index contributed by atoms with van der Waals surface area (Å²) in [5, 5.41) is 9.66. The molecule has 0 unspecified atom stereocenters. The molecular formula is C21H23N3O. The molecular weight excluding hydrogens is 310 g/mol. The first-order valence-corrected chi connectivity index (χ1v) is 9.51. The molecule has 128 valence electrons. The van der Waals surface area contributed by atoms with Crippen LogP contribution in [0.2, 0.25) is 0 Å². The normalized spacial score (nSPS) is 34.1. The van der Waals surface area contributed by atoms with Gasteiger partial charge in [0.05, 0.1) is 17.1 Å². The minimum atomic E-state index is -0.764. The third-order valence-electron chi connectivity index (χ3n) is 6.85. The second-order valence-electron chi connectivity index (χ2n) is 8.76. The molecule has 4 aliphatic rings. The molecule has 1 aromatic heterocycles. The highest BCUT2D eigenvalue weighted by molar-refractivity contribution is 5.89. The van der Waals surface area contributed by atoms with E-state index in [2.05, 4.69) is 16.0 Å². The number of ketones is 1. The van der Waals surface area contributed by atoms with Gasteiger partial charge in [0.15, 0.2) is 11.7 Å². The van der Waals surface area contributed by atoms with Gasteiger partial charge in [-0.1, -0.05) is 12.1 Å². The van der Waals surface area contributed by atoms with Gasteiger partial charge in [0, 0.05) is 6.42 Å². The minimum Gasteiger partial charge on any atom is -0.340 e. The van der Waals surface area contributed by atoms with Gasteiger partial charge in [0.1, 0.15) is 5.82 Å². The molecule has 0 aliphatic heterocycles. The maximum atomic E-state index is 13.1. The number of Topliss-reactive ketones (excluding diaryl/α,β-unsaturated/α-hetero) is 1. The molecule has 0 amide bonds. The second kappa shape index (κ2) is 5.42. The lowest BCUT2D eigenvalue weighted by Crippen LogP contribution is -2.47. The number of rotatable bonds is 4. The fraction of sp³-hybridized carbons (Fsp3) is 0.571. The summed E-state index contributed by atoms with van der Waals surface area (Å²) in [5.74, 6) is 2.28. The van der Waals surface area contributed by atoms with Crippen molar-refractivity contribution in [3.63, 3.8) is 0 Å². The van der Waals surface area contributed by atoms with Crippen LogP contribution in [0, 0.1) is 34.5 Å². The van der Waals surface area contributed by atoms with Crippen LogP contribution in [-0.4, -0.2) is 15.8 Å². The fourth-order valence-corrected chi connectivity index (χ4v) is 6.37. The van der Waals surface area contributed by atoms with Crippen LogP contribution in [0.4, 0.5) is 0 Å². The molecule has 4 aliphatic carbocycles. The van der Waals surface area contributed by atoms with Gasteiger partial charge in [-0.2, -0.15) is 5.26 Å². The van der Waals surface area contributed by atoms with E-state index in [1.807, 2.05) is 24.3 Å².